The number of aromatic nitrogens is 2. The molecule has 34 heavy (non-hydrogen) atoms. The van der Waals surface area contributed by atoms with E-state index in [4.69, 9.17) is 16.3 Å². The van der Waals surface area contributed by atoms with Crippen molar-refractivity contribution in [2.45, 2.75) is 43.9 Å². The second kappa shape index (κ2) is 11.2. The van der Waals surface area contributed by atoms with Crippen LogP contribution in [0, 0.1) is 5.82 Å². The number of carbonyl (C=O) groups is 1. The predicted molar refractivity (Wildman–Crippen MR) is 132 cm³/mol. The highest BCUT2D eigenvalue weighted by molar-refractivity contribution is 6.30. The van der Waals surface area contributed by atoms with E-state index in [0.717, 1.165) is 48.2 Å². The maximum atomic E-state index is 13.5. The van der Waals surface area contributed by atoms with E-state index in [-0.39, 0.29) is 11.7 Å². The highest BCUT2D eigenvalue weighted by atomic mass is 35.5. The number of aryl methyl sites for hydroxylation is 1. The monoisotopic (exact) mass is 483 g/mol. The number of hydrogen-bond acceptors (Lipinski definition) is 3. The Bertz CT molecular complexity index is 1090. The van der Waals surface area contributed by atoms with Gasteiger partial charge in [0.05, 0.1) is 11.1 Å². The maximum Gasteiger partial charge on any atom is 0.233 e. The third-order valence-electron chi connectivity index (χ3n) is 6.69. The number of hydrogen-bond donors (Lipinski definition) is 1. The molecule has 1 N–H and O–H groups in total. The number of likely N-dealkylation sites (N-methyl/N-ethyl adjacent to an activating group) is 1. The van der Waals surface area contributed by atoms with Crippen LogP contribution in [0.25, 0.3) is 11.3 Å². The molecule has 1 aromatic heterocycles. The second-order valence-electron chi connectivity index (χ2n) is 9.03. The standard InChI is InChI=1S/C27H31ClFN3O2/c1-32(26(33)27(13-16-34-17-14-27)21-9-11-22(28)12-10-21)15-4-2-3-8-24-19-25(31-30-24)20-6-5-7-23(29)18-20/h5-7,9-12,18-19H,2-4,8,13-17H2,1H3,(H,30,31). The third-order valence-corrected chi connectivity index (χ3v) is 6.94. The SMILES string of the molecule is CN(CCCCCc1cc(-c2cccc(F)c2)n[nH]1)C(=O)C1(c2ccc(Cl)cc2)CCOCC1. The zero-order valence-corrected chi connectivity index (χ0v) is 20.3. The maximum absolute atomic E-state index is 13.5. The number of aromatic amines is 1. The van der Waals surface area contributed by atoms with Crippen LogP contribution in [0.1, 0.15) is 43.4 Å². The lowest BCUT2D eigenvalue weighted by Crippen LogP contribution is -2.48. The van der Waals surface area contributed by atoms with Crippen LogP contribution < -0.4 is 0 Å². The zero-order valence-electron chi connectivity index (χ0n) is 19.5. The van der Waals surface area contributed by atoms with Crippen LogP contribution in [0.3, 0.4) is 0 Å². The molecule has 0 saturated carbocycles. The van der Waals surface area contributed by atoms with E-state index in [2.05, 4.69) is 10.2 Å². The highest BCUT2D eigenvalue weighted by Gasteiger charge is 2.43. The first-order chi connectivity index (χ1) is 16.5. The van der Waals surface area contributed by atoms with E-state index in [9.17, 15) is 9.18 Å². The summed E-state index contributed by atoms with van der Waals surface area (Å²) in [7, 11) is 1.90. The highest BCUT2D eigenvalue weighted by Crippen LogP contribution is 2.37. The van der Waals surface area contributed by atoms with Gasteiger partial charge in [0.1, 0.15) is 5.82 Å². The molecule has 0 spiro atoms. The molecule has 1 aliphatic heterocycles. The van der Waals surface area contributed by atoms with Crippen molar-refractivity contribution in [1.29, 1.82) is 0 Å². The molecule has 4 rings (SSSR count). The molecule has 0 unspecified atom stereocenters. The van der Waals surface area contributed by atoms with Crippen molar-refractivity contribution >= 4 is 17.5 Å². The van der Waals surface area contributed by atoms with Crippen molar-refractivity contribution in [3.63, 3.8) is 0 Å². The lowest BCUT2D eigenvalue weighted by Gasteiger charge is -2.39. The Morgan fingerprint density at radius 3 is 2.62 bits per heavy atom. The number of nitrogens with zero attached hydrogens (tertiary/aromatic N) is 2. The van der Waals surface area contributed by atoms with Crippen LogP contribution in [0.4, 0.5) is 4.39 Å². The number of H-pyrrole nitrogens is 1. The van der Waals surface area contributed by atoms with Crippen LogP contribution in [-0.2, 0) is 21.4 Å². The van der Waals surface area contributed by atoms with Crippen LogP contribution in [0.5, 0.6) is 0 Å². The first kappa shape index (κ1) is 24.4. The number of amides is 1. The lowest BCUT2D eigenvalue weighted by molar-refractivity contribution is -0.140. The van der Waals surface area contributed by atoms with E-state index in [1.165, 1.54) is 12.1 Å². The van der Waals surface area contributed by atoms with Gasteiger partial charge in [-0.15, -0.1) is 0 Å². The van der Waals surface area contributed by atoms with Gasteiger partial charge >= 0.3 is 0 Å². The Balaban J connectivity index is 1.27. The Morgan fingerprint density at radius 2 is 1.88 bits per heavy atom. The summed E-state index contributed by atoms with van der Waals surface area (Å²) in [6.45, 7) is 1.89. The van der Waals surface area contributed by atoms with Crippen LogP contribution in [0.15, 0.2) is 54.6 Å². The van der Waals surface area contributed by atoms with Gasteiger partial charge in [0.2, 0.25) is 5.91 Å². The Labute approximate surface area is 205 Å². The average molecular weight is 484 g/mol. The minimum atomic E-state index is -0.541. The fourth-order valence-electron chi connectivity index (χ4n) is 4.71. The van der Waals surface area contributed by atoms with Gasteiger partial charge in [-0.3, -0.25) is 9.89 Å². The summed E-state index contributed by atoms with van der Waals surface area (Å²) in [5.74, 6) is -0.106. The van der Waals surface area contributed by atoms with Crippen molar-refractivity contribution < 1.29 is 13.9 Å². The Kier molecular flexibility index (Phi) is 8.01. The number of carbonyl (C=O) groups excluding carboxylic acids is 1. The number of ether oxygens (including phenoxy) is 1. The molecule has 5 nitrogen and oxygen atoms in total. The molecule has 3 aromatic rings. The average Bonchev–Trinajstić information content (AvgIpc) is 3.33. The molecule has 0 atom stereocenters. The zero-order chi connectivity index (χ0) is 24.0. The number of halogens is 2. The van der Waals surface area contributed by atoms with Gasteiger partial charge in [-0.1, -0.05) is 42.3 Å². The summed E-state index contributed by atoms with van der Waals surface area (Å²) in [5, 5.41) is 8.04. The predicted octanol–water partition coefficient (Wildman–Crippen LogP) is 5.79. The molecule has 180 valence electrons. The van der Waals surface area contributed by atoms with Gasteiger partial charge in [0.25, 0.3) is 0 Å². The summed E-state index contributed by atoms with van der Waals surface area (Å²) >= 11 is 6.08. The van der Waals surface area contributed by atoms with Crippen molar-refractivity contribution in [1.82, 2.24) is 15.1 Å². The molecule has 1 aliphatic rings. The molecule has 0 aliphatic carbocycles. The molecular weight excluding hydrogens is 453 g/mol. The van der Waals surface area contributed by atoms with Crippen LogP contribution >= 0.6 is 11.6 Å². The van der Waals surface area contributed by atoms with Crippen LogP contribution in [-0.4, -0.2) is 47.8 Å². The van der Waals surface area contributed by atoms with E-state index < -0.39 is 5.41 Å². The summed E-state index contributed by atoms with van der Waals surface area (Å²) < 4.78 is 19.0. The Morgan fingerprint density at radius 1 is 1.12 bits per heavy atom. The molecule has 2 aromatic carbocycles. The second-order valence-corrected chi connectivity index (χ2v) is 9.46. The minimum absolute atomic E-state index is 0.159. The van der Waals surface area contributed by atoms with Gasteiger partial charge in [-0.05, 0) is 68.0 Å². The molecule has 1 amide bonds. The van der Waals surface area contributed by atoms with Gasteiger partial charge in [-0.2, -0.15) is 5.10 Å². The van der Waals surface area contributed by atoms with Crippen molar-refractivity contribution in [2.24, 2.45) is 0 Å². The van der Waals surface area contributed by atoms with Crippen molar-refractivity contribution in [2.75, 3.05) is 26.8 Å². The minimum Gasteiger partial charge on any atom is -0.381 e. The van der Waals surface area contributed by atoms with Crippen molar-refractivity contribution in [3.8, 4) is 11.3 Å². The molecule has 7 heteroatoms. The molecule has 0 bridgehead atoms. The number of rotatable bonds is 9. The summed E-state index contributed by atoms with van der Waals surface area (Å²) in [6, 6.07) is 16.1. The largest absolute Gasteiger partial charge is 0.381 e. The van der Waals surface area contributed by atoms with Gasteiger partial charge in [0.15, 0.2) is 0 Å². The van der Waals surface area contributed by atoms with Crippen LogP contribution in [0.2, 0.25) is 5.02 Å². The summed E-state index contributed by atoms with van der Waals surface area (Å²) in [4.78, 5) is 15.4. The van der Waals surface area contributed by atoms with Gasteiger partial charge < -0.3 is 9.64 Å². The summed E-state index contributed by atoms with van der Waals surface area (Å²) in [6.07, 6.45) is 5.16. The topological polar surface area (TPSA) is 58.2 Å². The van der Waals surface area contributed by atoms with Crippen molar-refractivity contribution in [3.05, 3.63) is 76.7 Å². The lowest BCUT2D eigenvalue weighted by atomic mass is 9.73. The molecule has 0 radical (unpaired) electrons. The number of unbranched alkanes of at least 4 members (excludes halogenated alkanes) is 2. The number of benzene rings is 2. The summed E-state index contributed by atoms with van der Waals surface area (Å²) in [5.41, 5.74) is 3.04. The Hall–Kier alpha value is -2.70. The molecule has 1 saturated heterocycles. The molecular formula is C27H31ClFN3O2. The van der Waals surface area contributed by atoms with E-state index in [1.807, 2.05) is 48.3 Å². The quantitative estimate of drug-likeness (QED) is 0.392. The van der Waals surface area contributed by atoms with E-state index in [1.54, 1.807) is 6.07 Å². The fourth-order valence-corrected chi connectivity index (χ4v) is 4.83. The first-order valence-corrected chi connectivity index (χ1v) is 12.3. The van der Waals surface area contributed by atoms with E-state index >= 15 is 0 Å². The normalized spacial score (nSPS) is 15.3. The molecule has 2 heterocycles. The van der Waals surface area contributed by atoms with Gasteiger partial charge in [-0.25, -0.2) is 4.39 Å². The molecule has 1 fully saturated rings. The first-order valence-electron chi connectivity index (χ1n) is 11.9. The fraction of sp³-hybridized carbons (Fsp3) is 0.407. The number of nitrogens with one attached hydrogen (secondary N) is 1. The smallest absolute Gasteiger partial charge is 0.233 e. The third kappa shape index (κ3) is 5.68. The van der Waals surface area contributed by atoms with Gasteiger partial charge in [0, 0.05) is 43.1 Å². The van der Waals surface area contributed by atoms with E-state index in [0.29, 0.717) is 37.6 Å².